The molecule has 0 saturated carbocycles. The predicted molar refractivity (Wildman–Crippen MR) is 108 cm³/mol. The number of aromatic nitrogens is 2. The van der Waals surface area contributed by atoms with Crippen LogP contribution in [0.3, 0.4) is 0 Å². The molecule has 0 aliphatic rings. The largest absolute Gasteiger partial charge is 0.335 e. The van der Waals surface area contributed by atoms with Crippen molar-refractivity contribution in [2.24, 2.45) is 0 Å². The van der Waals surface area contributed by atoms with E-state index in [9.17, 15) is 9.59 Å². The maximum atomic E-state index is 12.9. The van der Waals surface area contributed by atoms with Crippen molar-refractivity contribution < 1.29 is 9.59 Å². The van der Waals surface area contributed by atoms with E-state index in [-0.39, 0.29) is 18.0 Å². The van der Waals surface area contributed by atoms with Gasteiger partial charge in [-0.3, -0.25) is 9.59 Å². The van der Waals surface area contributed by atoms with E-state index in [1.165, 1.54) is 0 Å². The van der Waals surface area contributed by atoms with Crippen molar-refractivity contribution >= 4 is 22.6 Å². The Balaban J connectivity index is 1.81. The summed E-state index contributed by atoms with van der Waals surface area (Å²) < 4.78 is 0. The van der Waals surface area contributed by atoms with E-state index in [1.807, 2.05) is 55.5 Å². The minimum Gasteiger partial charge on any atom is -0.335 e. The lowest BCUT2D eigenvalue weighted by molar-refractivity contribution is -0.120. The SMILES string of the molecule is CCCCCC(=O)C(CC(=O)c1nc2ccccc2[nH]1)c1ccc(C)cc1. The smallest absolute Gasteiger partial charge is 0.199 e. The van der Waals surface area contributed by atoms with Crippen molar-refractivity contribution in [3.05, 3.63) is 65.5 Å². The molecule has 2 aromatic carbocycles. The van der Waals surface area contributed by atoms with Crippen LogP contribution in [-0.2, 0) is 4.79 Å². The number of para-hydroxylation sites is 2. The van der Waals surface area contributed by atoms with Crippen molar-refractivity contribution in [2.45, 2.75) is 51.9 Å². The highest BCUT2D eigenvalue weighted by Gasteiger charge is 2.25. The summed E-state index contributed by atoms with van der Waals surface area (Å²) in [5.74, 6) is -0.0739. The van der Waals surface area contributed by atoms with E-state index >= 15 is 0 Å². The van der Waals surface area contributed by atoms with E-state index in [4.69, 9.17) is 0 Å². The van der Waals surface area contributed by atoms with E-state index in [2.05, 4.69) is 16.9 Å². The Labute approximate surface area is 160 Å². The predicted octanol–water partition coefficient (Wildman–Crippen LogP) is 5.38. The van der Waals surface area contributed by atoms with E-state index in [0.29, 0.717) is 12.2 Å². The van der Waals surface area contributed by atoms with Gasteiger partial charge in [0.1, 0.15) is 5.78 Å². The summed E-state index contributed by atoms with van der Waals surface area (Å²) in [6.07, 6.45) is 3.63. The third-order valence-electron chi connectivity index (χ3n) is 4.94. The zero-order valence-electron chi connectivity index (χ0n) is 16.0. The summed E-state index contributed by atoms with van der Waals surface area (Å²) in [7, 11) is 0. The van der Waals surface area contributed by atoms with Gasteiger partial charge < -0.3 is 4.98 Å². The van der Waals surface area contributed by atoms with Crippen LogP contribution in [0, 0.1) is 6.92 Å². The number of hydrogen-bond acceptors (Lipinski definition) is 3. The molecule has 1 aromatic heterocycles. The number of hydrogen-bond donors (Lipinski definition) is 1. The molecule has 0 aliphatic carbocycles. The highest BCUT2D eigenvalue weighted by molar-refractivity contribution is 6.00. The summed E-state index contributed by atoms with van der Waals surface area (Å²) in [4.78, 5) is 33.2. The summed E-state index contributed by atoms with van der Waals surface area (Å²) >= 11 is 0. The number of unbranched alkanes of at least 4 members (excludes halogenated alkanes) is 2. The van der Waals surface area contributed by atoms with Crippen LogP contribution in [0.1, 0.15) is 66.7 Å². The number of carbonyl (C=O) groups is 2. The molecule has 3 aromatic rings. The summed E-state index contributed by atoms with van der Waals surface area (Å²) in [5, 5.41) is 0. The Hall–Kier alpha value is -2.75. The van der Waals surface area contributed by atoms with Gasteiger partial charge in [0.15, 0.2) is 11.6 Å². The lowest BCUT2D eigenvalue weighted by Gasteiger charge is -2.15. The number of Topliss-reactive ketones (excluding diaryl/α,β-unsaturated/α-hetero) is 2. The highest BCUT2D eigenvalue weighted by atomic mass is 16.1. The first kappa shape index (κ1) is 19.0. The quantitative estimate of drug-likeness (QED) is 0.411. The summed E-state index contributed by atoms with van der Waals surface area (Å²) in [6, 6.07) is 15.5. The van der Waals surface area contributed by atoms with Crippen molar-refractivity contribution in [3.63, 3.8) is 0 Å². The molecule has 1 N–H and O–H groups in total. The summed E-state index contributed by atoms with van der Waals surface area (Å²) in [5.41, 5.74) is 3.65. The van der Waals surface area contributed by atoms with Gasteiger partial charge in [-0.1, -0.05) is 61.7 Å². The molecule has 1 heterocycles. The molecule has 1 unspecified atom stereocenters. The van der Waals surface area contributed by atoms with Gasteiger partial charge in [0.05, 0.1) is 17.0 Å². The van der Waals surface area contributed by atoms with E-state index < -0.39 is 5.92 Å². The fourth-order valence-corrected chi connectivity index (χ4v) is 3.31. The van der Waals surface area contributed by atoms with Gasteiger partial charge in [0.2, 0.25) is 0 Å². The van der Waals surface area contributed by atoms with Crippen LogP contribution in [0.25, 0.3) is 11.0 Å². The maximum Gasteiger partial charge on any atom is 0.199 e. The van der Waals surface area contributed by atoms with E-state index in [0.717, 1.165) is 41.4 Å². The van der Waals surface area contributed by atoms with Crippen molar-refractivity contribution in [1.82, 2.24) is 9.97 Å². The van der Waals surface area contributed by atoms with Crippen molar-refractivity contribution in [2.75, 3.05) is 0 Å². The molecular formula is C23H26N2O2. The number of carbonyl (C=O) groups excluding carboxylic acids is 2. The fraction of sp³-hybridized carbons (Fsp3) is 0.348. The number of imidazole rings is 1. The molecule has 140 valence electrons. The van der Waals surface area contributed by atoms with E-state index in [1.54, 1.807) is 0 Å². The molecular weight excluding hydrogens is 336 g/mol. The number of ketones is 2. The molecule has 0 spiro atoms. The van der Waals surface area contributed by atoms with Gasteiger partial charge in [-0.2, -0.15) is 0 Å². The Morgan fingerprint density at radius 1 is 1.04 bits per heavy atom. The number of benzene rings is 2. The molecule has 0 saturated heterocycles. The zero-order chi connectivity index (χ0) is 19.2. The number of aromatic amines is 1. The van der Waals surface area contributed by atoms with Crippen LogP contribution >= 0.6 is 0 Å². The fourth-order valence-electron chi connectivity index (χ4n) is 3.31. The molecule has 4 heteroatoms. The molecule has 0 amide bonds. The van der Waals surface area contributed by atoms with Crippen LogP contribution in [0.4, 0.5) is 0 Å². The van der Waals surface area contributed by atoms with Crippen LogP contribution in [0.5, 0.6) is 0 Å². The molecule has 0 bridgehead atoms. The third-order valence-corrected chi connectivity index (χ3v) is 4.94. The van der Waals surface area contributed by atoms with Gasteiger partial charge in [0.25, 0.3) is 0 Å². The van der Waals surface area contributed by atoms with Crippen LogP contribution < -0.4 is 0 Å². The Bertz CT molecular complexity index is 892. The standard InChI is InChI=1S/C23H26N2O2/c1-3-4-5-10-21(26)18(17-13-11-16(2)12-14-17)15-22(27)23-24-19-8-6-7-9-20(19)25-23/h6-9,11-14,18H,3-5,10,15H2,1-2H3,(H,24,25). The third kappa shape index (κ3) is 4.70. The van der Waals surface area contributed by atoms with Crippen LogP contribution in [0.2, 0.25) is 0 Å². The Morgan fingerprint density at radius 3 is 2.48 bits per heavy atom. The molecule has 27 heavy (non-hydrogen) atoms. The Morgan fingerprint density at radius 2 is 1.78 bits per heavy atom. The molecule has 4 nitrogen and oxygen atoms in total. The van der Waals surface area contributed by atoms with Crippen LogP contribution in [-0.4, -0.2) is 21.5 Å². The number of rotatable bonds is 9. The first-order valence-electron chi connectivity index (χ1n) is 9.65. The molecule has 3 rings (SSSR count). The second-order valence-corrected chi connectivity index (χ2v) is 7.12. The van der Waals surface area contributed by atoms with Gasteiger partial charge in [0, 0.05) is 12.8 Å². The highest BCUT2D eigenvalue weighted by Crippen LogP contribution is 2.26. The first-order valence-corrected chi connectivity index (χ1v) is 9.65. The monoisotopic (exact) mass is 362 g/mol. The average Bonchev–Trinajstić information content (AvgIpc) is 3.11. The molecule has 0 aliphatic heterocycles. The van der Waals surface area contributed by atoms with Gasteiger partial charge in [-0.05, 0) is 31.0 Å². The van der Waals surface area contributed by atoms with Gasteiger partial charge in [-0.25, -0.2) is 4.98 Å². The normalized spacial score (nSPS) is 12.2. The number of nitrogens with one attached hydrogen (secondary N) is 1. The number of aryl methyl sites for hydroxylation is 1. The van der Waals surface area contributed by atoms with Gasteiger partial charge >= 0.3 is 0 Å². The zero-order valence-corrected chi connectivity index (χ0v) is 16.0. The van der Waals surface area contributed by atoms with Crippen molar-refractivity contribution in [1.29, 1.82) is 0 Å². The average molecular weight is 362 g/mol. The first-order chi connectivity index (χ1) is 13.1. The minimum atomic E-state index is -0.414. The number of H-pyrrole nitrogens is 1. The minimum absolute atomic E-state index is 0.124. The molecule has 1 atom stereocenters. The van der Waals surface area contributed by atoms with Crippen LogP contribution in [0.15, 0.2) is 48.5 Å². The lowest BCUT2D eigenvalue weighted by atomic mass is 9.87. The number of fused-ring (bicyclic) bond motifs is 1. The summed E-state index contributed by atoms with van der Waals surface area (Å²) in [6.45, 7) is 4.13. The number of nitrogens with zero attached hydrogens (tertiary/aromatic N) is 1. The van der Waals surface area contributed by atoms with Gasteiger partial charge in [-0.15, -0.1) is 0 Å². The Kier molecular flexibility index (Phi) is 6.17. The van der Waals surface area contributed by atoms with Crippen molar-refractivity contribution in [3.8, 4) is 0 Å². The molecule has 0 fully saturated rings. The second-order valence-electron chi connectivity index (χ2n) is 7.12. The second kappa shape index (κ2) is 8.76. The molecule has 0 radical (unpaired) electrons. The lowest BCUT2D eigenvalue weighted by Crippen LogP contribution is -2.17. The topological polar surface area (TPSA) is 62.8 Å². The maximum absolute atomic E-state index is 12.9.